The van der Waals surface area contributed by atoms with Crippen molar-refractivity contribution in [3.05, 3.63) is 59.9 Å². The highest BCUT2D eigenvalue weighted by Crippen LogP contribution is 2.19. The van der Waals surface area contributed by atoms with Gasteiger partial charge in [0.25, 0.3) is 10.1 Å². The van der Waals surface area contributed by atoms with E-state index in [9.17, 15) is 13.2 Å². The third-order valence-corrected chi connectivity index (χ3v) is 8.14. The molecule has 0 saturated carbocycles. The molecule has 7 nitrogen and oxygen atoms in total. The molecule has 1 aromatic heterocycles. The fraction of sp³-hybridized carbons (Fsp3) is 0.548. The van der Waals surface area contributed by atoms with E-state index < -0.39 is 10.1 Å². The number of pyridine rings is 1. The van der Waals surface area contributed by atoms with Crippen LogP contribution in [0.3, 0.4) is 0 Å². The molecular weight excluding hydrogens is 510 g/mol. The van der Waals surface area contributed by atoms with Crippen LogP contribution >= 0.6 is 0 Å². The smallest absolute Gasteiger partial charge is 0.264 e. The van der Waals surface area contributed by atoms with Crippen LogP contribution in [0.2, 0.25) is 0 Å². The van der Waals surface area contributed by atoms with Crippen molar-refractivity contribution in [1.29, 1.82) is 0 Å². The van der Waals surface area contributed by atoms with Gasteiger partial charge in [-0.3, -0.25) is 9.35 Å². The van der Waals surface area contributed by atoms with E-state index in [1.807, 2.05) is 34.0 Å². The van der Waals surface area contributed by atoms with Crippen molar-refractivity contribution >= 4 is 33.9 Å². The summed E-state index contributed by atoms with van der Waals surface area (Å²) < 4.78 is 32.4. The second-order valence-corrected chi connectivity index (χ2v) is 12.1. The molecule has 0 atom stereocenters. The van der Waals surface area contributed by atoms with Gasteiger partial charge in [-0.25, -0.2) is 4.57 Å². The summed E-state index contributed by atoms with van der Waals surface area (Å²) in [7, 11) is -3.88. The van der Waals surface area contributed by atoms with Crippen LogP contribution in [0.4, 0.5) is 5.69 Å². The molecule has 1 aromatic carbocycles. The second kappa shape index (κ2) is 16.4. The normalized spacial score (nSPS) is 14.3. The van der Waals surface area contributed by atoms with Gasteiger partial charge in [-0.15, -0.1) is 0 Å². The Morgan fingerprint density at radius 3 is 2.03 bits per heavy atom. The maximum atomic E-state index is 12.6. The van der Waals surface area contributed by atoms with Gasteiger partial charge in [-0.1, -0.05) is 69.7 Å². The van der Waals surface area contributed by atoms with Gasteiger partial charge >= 0.3 is 0 Å². The molecular formula is C31H46N3O4S+. The van der Waals surface area contributed by atoms with Crippen molar-refractivity contribution in [1.82, 2.24) is 4.90 Å². The minimum Gasteiger partial charge on any atom is -0.368 e. The van der Waals surface area contributed by atoms with E-state index >= 15 is 0 Å². The van der Waals surface area contributed by atoms with Crippen LogP contribution in [0.1, 0.15) is 82.3 Å². The topological polar surface area (TPSA) is 81.8 Å². The summed E-state index contributed by atoms with van der Waals surface area (Å²) in [4.78, 5) is 17.0. The summed E-state index contributed by atoms with van der Waals surface area (Å²) in [6, 6.07) is 12.6. The lowest BCUT2D eigenvalue weighted by molar-refractivity contribution is -0.697. The Labute approximate surface area is 235 Å². The van der Waals surface area contributed by atoms with Crippen LogP contribution < -0.4 is 9.47 Å². The number of hydrogen-bond acceptors (Lipinski definition) is 4. The zero-order valence-corrected chi connectivity index (χ0v) is 24.3. The van der Waals surface area contributed by atoms with E-state index in [-0.39, 0.29) is 5.75 Å². The molecule has 8 heteroatoms. The molecule has 1 aliphatic heterocycles. The second-order valence-electron chi connectivity index (χ2n) is 10.5. The van der Waals surface area contributed by atoms with E-state index in [0.717, 1.165) is 43.7 Å². The highest BCUT2D eigenvalue weighted by Gasteiger charge is 2.20. The van der Waals surface area contributed by atoms with Crippen molar-refractivity contribution in [2.24, 2.45) is 0 Å². The Kier molecular flexibility index (Phi) is 13.0. The van der Waals surface area contributed by atoms with Crippen molar-refractivity contribution in [2.75, 3.05) is 36.8 Å². The van der Waals surface area contributed by atoms with E-state index in [4.69, 9.17) is 4.55 Å². The summed E-state index contributed by atoms with van der Waals surface area (Å²) >= 11 is 0. The number of aromatic nitrogens is 1. The average Bonchev–Trinajstić information content (AvgIpc) is 2.94. The molecule has 214 valence electrons. The molecule has 0 spiro atoms. The van der Waals surface area contributed by atoms with Crippen LogP contribution in [-0.4, -0.2) is 55.7 Å². The van der Waals surface area contributed by atoms with Gasteiger partial charge in [0.1, 0.15) is 6.54 Å². The number of anilines is 1. The number of carbonyl (C=O) groups is 1. The molecule has 2 aromatic rings. The zero-order valence-electron chi connectivity index (χ0n) is 23.5. The number of rotatable bonds is 16. The van der Waals surface area contributed by atoms with Gasteiger partial charge in [0.05, 0.1) is 5.75 Å². The predicted molar refractivity (Wildman–Crippen MR) is 159 cm³/mol. The van der Waals surface area contributed by atoms with E-state index in [1.165, 1.54) is 44.2 Å². The summed E-state index contributed by atoms with van der Waals surface area (Å²) in [6.07, 6.45) is 18.6. The average molecular weight is 557 g/mol. The number of nitrogens with zero attached hydrogens (tertiary/aromatic N) is 3. The molecule has 1 N–H and O–H groups in total. The Bertz CT molecular complexity index is 1120. The summed E-state index contributed by atoms with van der Waals surface area (Å²) in [5.41, 5.74) is 3.41. The van der Waals surface area contributed by atoms with E-state index in [2.05, 4.69) is 48.2 Å². The fourth-order valence-electron chi connectivity index (χ4n) is 4.90. The largest absolute Gasteiger partial charge is 0.368 e. The van der Waals surface area contributed by atoms with Gasteiger partial charge in [-0.2, -0.15) is 8.42 Å². The molecule has 0 aliphatic carbocycles. The van der Waals surface area contributed by atoms with Crippen molar-refractivity contribution in [3.8, 4) is 0 Å². The molecule has 1 saturated heterocycles. The fourth-order valence-corrected chi connectivity index (χ4v) is 5.47. The van der Waals surface area contributed by atoms with Crippen LogP contribution in [0.25, 0.3) is 12.2 Å². The van der Waals surface area contributed by atoms with E-state index in [1.54, 1.807) is 0 Å². The third-order valence-electron chi connectivity index (χ3n) is 7.34. The monoisotopic (exact) mass is 556 g/mol. The first-order valence-corrected chi connectivity index (χ1v) is 16.2. The third kappa shape index (κ3) is 11.9. The first-order valence-electron chi connectivity index (χ1n) is 14.6. The maximum absolute atomic E-state index is 12.6. The lowest BCUT2D eigenvalue weighted by atomic mass is 10.1. The molecule has 0 radical (unpaired) electrons. The van der Waals surface area contributed by atoms with Crippen LogP contribution in [0, 0.1) is 0 Å². The zero-order chi connectivity index (χ0) is 27.9. The molecule has 3 rings (SSSR count). The van der Waals surface area contributed by atoms with Crippen LogP contribution in [-0.2, 0) is 21.5 Å². The number of piperazine rings is 1. The Balaban J connectivity index is 1.36. The number of carbonyl (C=O) groups excluding carboxylic acids is 1. The SMILES string of the molecule is CCCCCCCCCC(=O)N1CCN(c2ccc(/C=C/c3cc[n+](CCCCS(=O)(=O)O)cc3)cc2)CC1. The van der Waals surface area contributed by atoms with Gasteiger partial charge in [0.15, 0.2) is 12.4 Å². The lowest BCUT2D eigenvalue weighted by Gasteiger charge is -2.36. The maximum Gasteiger partial charge on any atom is 0.264 e. The summed E-state index contributed by atoms with van der Waals surface area (Å²) in [5, 5.41) is 0. The summed E-state index contributed by atoms with van der Waals surface area (Å²) in [6.45, 7) is 6.29. The molecule has 0 bridgehead atoms. The predicted octanol–water partition coefficient (Wildman–Crippen LogP) is 5.60. The Morgan fingerprint density at radius 2 is 1.41 bits per heavy atom. The Hall–Kier alpha value is -2.71. The number of aryl methyl sites for hydroxylation is 1. The molecule has 0 unspecified atom stereocenters. The van der Waals surface area contributed by atoms with Crippen LogP contribution in [0.15, 0.2) is 48.8 Å². The van der Waals surface area contributed by atoms with Crippen molar-refractivity contribution in [3.63, 3.8) is 0 Å². The first kappa shape index (κ1) is 30.8. The molecule has 2 heterocycles. The van der Waals surface area contributed by atoms with E-state index in [0.29, 0.717) is 31.7 Å². The number of unbranched alkanes of at least 4 members (excludes halogenated alkanes) is 7. The number of hydrogen-bond donors (Lipinski definition) is 1. The van der Waals surface area contributed by atoms with Gasteiger partial charge in [-0.05, 0) is 36.1 Å². The van der Waals surface area contributed by atoms with Crippen molar-refractivity contribution < 1.29 is 22.3 Å². The standard InChI is InChI=1S/C31H45N3O4S/c1-2-3-4-5-6-7-8-11-31(35)34-25-23-33(24-26-34)30-16-14-28(15-17-30)12-13-29-18-21-32(22-19-29)20-9-10-27-39(36,37)38/h12-19,21-22H,2-11,20,23-27H2,1H3/p+1. The van der Waals surface area contributed by atoms with Gasteiger partial charge in [0.2, 0.25) is 5.91 Å². The van der Waals surface area contributed by atoms with Crippen LogP contribution in [0.5, 0.6) is 0 Å². The molecule has 39 heavy (non-hydrogen) atoms. The first-order chi connectivity index (χ1) is 18.8. The highest BCUT2D eigenvalue weighted by atomic mass is 32.2. The Morgan fingerprint density at radius 1 is 0.821 bits per heavy atom. The molecule has 1 amide bonds. The highest BCUT2D eigenvalue weighted by molar-refractivity contribution is 7.85. The molecule has 1 fully saturated rings. The minimum absolute atomic E-state index is 0.192. The number of amides is 1. The molecule has 1 aliphatic rings. The van der Waals surface area contributed by atoms with Crippen molar-refractivity contribution in [2.45, 2.75) is 77.7 Å². The minimum atomic E-state index is -3.88. The summed E-state index contributed by atoms with van der Waals surface area (Å²) in [5.74, 6) is 0.120. The number of benzene rings is 1. The van der Waals surface area contributed by atoms with Gasteiger partial charge < -0.3 is 9.80 Å². The lowest BCUT2D eigenvalue weighted by Crippen LogP contribution is -2.48. The van der Waals surface area contributed by atoms with Gasteiger partial charge in [0, 0.05) is 56.8 Å². The quantitative estimate of drug-likeness (QED) is 0.165.